The van der Waals surface area contributed by atoms with Crippen LogP contribution in [-0.2, 0) is 4.74 Å². The summed E-state index contributed by atoms with van der Waals surface area (Å²) < 4.78 is 5.85. The molecule has 0 bridgehead atoms. The van der Waals surface area contributed by atoms with E-state index in [-0.39, 0.29) is 11.6 Å². The Kier molecular flexibility index (Phi) is 6.61. The molecule has 1 unspecified atom stereocenters. The van der Waals surface area contributed by atoms with Crippen LogP contribution in [0.25, 0.3) is 0 Å². The van der Waals surface area contributed by atoms with Crippen molar-refractivity contribution in [3.05, 3.63) is 0 Å². The lowest BCUT2D eigenvalue weighted by atomic mass is 9.71. The summed E-state index contributed by atoms with van der Waals surface area (Å²) in [5.74, 6) is 7.45. The normalized spacial score (nSPS) is 27.2. The van der Waals surface area contributed by atoms with E-state index in [2.05, 4.69) is 26.2 Å². The van der Waals surface area contributed by atoms with Gasteiger partial charge in [-0.3, -0.25) is 11.3 Å². The van der Waals surface area contributed by atoms with Crippen molar-refractivity contribution in [3.8, 4) is 0 Å². The van der Waals surface area contributed by atoms with Gasteiger partial charge in [-0.2, -0.15) is 0 Å². The van der Waals surface area contributed by atoms with Gasteiger partial charge in [0.1, 0.15) is 0 Å². The predicted molar refractivity (Wildman–Crippen MR) is 77.2 cm³/mol. The highest BCUT2D eigenvalue weighted by Gasteiger charge is 2.41. The Bertz CT molecular complexity index is 212. The standard InChI is InChI=1S/C15H32N2O/c1-5-12-8-10-13(11-9-12)14(17-16)15(6-2,7-3)18-4/h12-14,17H,5-11,16H2,1-4H3. The Hall–Kier alpha value is -0.120. The summed E-state index contributed by atoms with van der Waals surface area (Å²) in [5, 5.41) is 0. The molecule has 1 rings (SSSR count). The molecule has 1 atom stereocenters. The van der Waals surface area contributed by atoms with E-state index in [1.54, 1.807) is 0 Å². The van der Waals surface area contributed by atoms with Crippen LogP contribution in [0.4, 0.5) is 0 Å². The minimum absolute atomic E-state index is 0.0987. The second kappa shape index (κ2) is 7.46. The molecule has 0 amide bonds. The van der Waals surface area contributed by atoms with Gasteiger partial charge in [0, 0.05) is 7.11 Å². The molecule has 0 radical (unpaired) electrons. The molecule has 0 aromatic heterocycles. The zero-order valence-electron chi connectivity index (χ0n) is 12.7. The lowest BCUT2D eigenvalue weighted by Crippen LogP contribution is -2.58. The fourth-order valence-corrected chi connectivity index (χ4v) is 3.75. The van der Waals surface area contributed by atoms with E-state index < -0.39 is 0 Å². The first kappa shape index (κ1) is 15.9. The molecular formula is C15H32N2O. The second-order valence-electron chi connectivity index (χ2n) is 5.81. The molecule has 3 nitrogen and oxygen atoms in total. The van der Waals surface area contributed by atoms with Crippen LogP contribution in [0.2, 0.25) is 0 Å². The zero-order valence-corrected chi connectivity index (χ0v) is 12.7. The SMILES string of the molecule is CCC1CCC(C(NN)C(CC)(CC)OC)CC1. The Morgan fingerprint density at radius 1 is 1.17 bits per heavy atom. The molecule has 0 spiro atoms. The quantitative estimate of drug-likeness (QED) is 0.543. The monoisotopic (exact) mass is 256 g/mol. The molecular weight excluding hydrogens is 224 g/mol. The molecule has 0 aliphatic heterocycles. The van der Waals surface area contributed by atoms with Gasteiger partial charge in [0.05, 0.1) is 11.6 Å². The summed E-state index contributed by atoms with van der Waals surface area (Å²) in [6.07, 6.45) is 8.64. The highest BCUT2D eigenvalue weighted by atomic mass is 16.5. The Labute approximate surface area is 113 Å². The van der Waals surface area contributed by atoms with Crippen molar-refractivity contribution in [3.63, 3.8) is 0 Å². The number of methoxy groups -OCH3 is 1. The molecule has 1 fully saturated rings. The van der Waals surface area contributed by atoms with E-state index in [0.717, 1.165) is 18.8 Å². The lowest BCUT2D eigenvalue weighted by Gasteiger charge is -2.44. The summed E-state index contributed by atoms with van der Waals surface area (Å²) in [7, 11) is 1.83. The highest BCUT2D eigenvalue weighted by molar-refractivity contribution is 4.95. The maximum absolute atomic E-state index is 5.85. The molecule has 0 aromatic carbocycles. The van der Waals surface area contributed by atoms with E-state index >= 15 is 0 Å². The predicted octanol–water partition coefficient (Wildman–Crippen LogP) is 3.24. The number of hydrazine groups is 1. The van der Waals surface area contributed by atoms with Crippen LogP contribution in [0.3, 0.4) is 0 Å². The van der Waals surface area contributed by atoms with Crippen molar-refractivity contribution < 1.29 is 4.74 Å². The van der Waals surface area contributed by atoms with Crippen LogP contribution in [0.5, 0.6) is 0 Å². The van der Waals surface area contributed by atoms with Crippen molar-refractivity contribution in [1.29, 1.82) is 0 Å². The fourth-order valence-electron chi connectivity index (χ4n) is 3.75. The van der Waals surface area contributed by atoms with Crippen molar-refractivity contribution in [2.24, 2.45) is 17.7 Å². The van der Waals surface area contributed by atoms with Gasteiger partial charge in [0.15, 0.2) is 0 Å². The third-order valence-corrected chi connectivity index (χ3v) is 5.29. The largest absolute Gasteiger partial charge is 0.377 e. The number of ether oxygens (including phenoxy) is 1. The third kappa shape index (κ3) is 3.25. The molecule has 0 heterocycles. The summed E-state index contributed by atoms with van der Waals surface area (Å²) >= 11 is 0. The van der Waals surface area contributed by atoms with Crippen LogP contribution in [0.1, 0.15) is 65.7 Å². The average molecular weight is 256 g/mol. The minimum atomic E-state index is -0.0987. The van der Waals surface area contributed by atoms with Gasteiger partial charge in [0.25, 0.3) is 0 Å². The second-order valence-corrected chi connectivity index (χ2v) is 5.81. The number of hydrogen-bond acceptors (Lipinski definition) is 3. The summed E-state index contributed by atoms with van der Waals surface area (Å²) in [4.78, 5) is 0. The Morgan fingerprint density at radius 2 is 1.72 bits per heavy atom. The molecule has 108 valence electrons. The van der Waals surface area contributed by atoms with Crippen molar-refractivity contribution >= 4 is 0 Å². The van der Waals surface area contributed by atoms with E-state index in [9.17, 15) is 0 Å². The smallest absolute Gasteiger partial charge is 0.0841 e. The Morgan fingerprint density at radius 3 is 2.06 bits per heavy atom. The van der Waals surface area contributed by atoms with Gasteiger partial charge in [-0.15, -0.1) is 0 Å². The van der Waals surface area contributed by atoms with Crippen molar-refractivity contribution in [2.45, 2.75) is 77.4 Å². The van der Waals surface area contributed by atoms with Crippen molar-refractivity contribution in [2.75, 3.05) is 7.11 Å². The topological polar surface area (TPSA) is 47.3 Å². The van der Waals surface area contributed by atoms with E-state index in [1.807, 2.05) is 7.11 Å². The number of rotatable bonds is 7. The van der Waals surface area contributed by atoms with E-state index in [4.69, 9.17) is 10.6 Å². The molecule has 0 saturated heterocycles. The van der Waals surface area contributed by atoms with Crippen LogP contribution in [-0.4, -0.2) is 18.8 Å². The van der Waals surface area contributed by atoms with Gasteiger partial charge >= 0.3 is 0 Å². The van der Waals surface area contributed by atoms with Crippen LogP contribution in [0.15, 0.2) is 0 Å². The number of hydrogen-bond donors (Lipinski definition) is 2. The van der Waals surface area contributed by atoms with Crippen LogP contribution < -0.4 is 11.3 Å². The first-order chi connectivity index (χ1) is 8.67. The number of nitrogens with two attached hydrogens (primary N) is 1. The molecule has 3 heteroatoms. The number of nitrogens with one attached hydrogen (secondary N) is 1. The maximum Gasteiger partial charge on any atom is 0.0841 e. The first-order valence-electron chi connectivity index (χ1n) is 7.68. The van der Waals surface area contributed by atoms with Gasteiger partial charge in [0.2, 0.25) is 0 Å². The first-order valence-corrected chi connectivity index (χ1v) is 7.68. The van der Waals surface area contributed by atoms with Gasteiger partial charge in [-0.25, -0.2) is 0 Å². The molecule has 18 heavy (non-hydrogen) atoms. The van der Waals surface area contributed by atoms with Gasteiger partial charge in [-0.1, -0.05) is 40.0 Å². The third-order valence-electron chi connectivity index (χ3n) is 5.29. The molecule has 1 saturated carbocycles. The summed E-state index contributed by atoms with van der Waals surface area (Å²) in [6.45, 7) is 6.71. The van der Waals surface area contributed by atoms with Gasteiger partial charge < -0.3 is 4.74 Å². The van der Waals surface area contributed by atoms with Crippen LogP contribution in [0, 0.1) is 11.8 Å². The highest BCUT2D eigenvalue weighted by Crippen LogP contribution is 2.38. The average Bonchev–Trinajstić information content (AvgIpc) is 2.45. The Balaban J connectivity index is 2.71. The molecule has 0 aromatic rings. The van der Waals surface area contributed by atoms with E-state index in [1.165, 1.54) is 32.1 Å². The van der Waals surface area contributed by atoms with E-state index in [0.29, 0.717) is 5.92 Å². The fraction of sp³-hybridized carbons (Fsp3) is 1.00. The lowest BCUT2D eigenvalue weighted by molar-refractivity contribution is -0.0687. The zero-order chi connectivity index (χ0) is 13.6. The molecule has 3 N–H and O–H groups in total. The minimum Gasteiger partial charge on any atom is -0.377 e. The molecule has 1 aliphatic carbocycles. The molecule has 1 aliphatic rings. The summed E-state index contributed by atoms with van der Waals surface area (Å²) in [5.41, 5.74) is 2.97. The van der Waals surface area contributed by atoms with Gasteiger partial charge in [-0.05, 0) is 37.5 Å². The van der Waals surface area contributed by atoms with Crippen molar-refractivity contribution in [1.82, 2.24) is 5.43 Å². The van der Waals surface area contributed by atoms with Crippen LogP contribution >= 0.6 is 0 Å². The maximum atomic E-state index is 5.85. The summed E-state index contributed by atoms with van der Waals surface area (Å²) in [6, 6.07) is 0.287.